The van der Waals surface area contributed by atoms with Crippen LogP contribution in [0.4, 0.5) is 0 Å². The summed E-state index contributed by atoms with van der Waals surface area (Å²) in [6.07, 6.45) is 1.61. The number of rotatable bonds is 13. The number of benzene rings is 2. The summed E-state index contributed by atoms with van der Waals surface area (Å²) in [5, 5.41) is 3.41. The van der Waals surface area contributed by atoms with Crippen LogP contribution in [-0.4, -0.2) is 56.3 Å². The van der Waals surface area contributed by atoms with Gasteiger partial charge in [0.05, 0.1) is 5.75 Å². The molecule has 212 valence electrons. The maximum absolute atomic E-state index is 13.6. The minimum atomic E-state index is -3.87. The van der Waals surface area contributed by atoms with Crippen molar-refractivity contribution in [2.24, 2.45) is 22.2 Å². The third kappa shape index (κ3) is 9.20. The minimum absolute atomic E-state index is 0.0868. The lowest BCUT2D eigenvalue weighted by molar-refractivity contribution is -0.139. The van der Waals surface area contributed by atoms with Crippen molar-refractivity contribution < 1.29 is 18.0 Å². The highest BCUT2D eigenvalue weighted by atomic mass is 35.5. The van der Waals surface area contributed by atoms with E-state index in [1.54, 1.807) is 42.5 Å². The molecule has 8 N–H and O–H groups in total. The van der Waals surface area contributed by atoms with Crippen LogP contribution in [0.1, 0.15) is 42.4 Å². The first-order valence-electron chi connectivity index (χ1n) is 12.7. The SMILES string of the molecule is NCc1ccc(Cl)cc1CNC(=O)[C@@H]1CCCN1C(=O)[C@H](CCCN=C(N)N)NS(=O)(=O)Cc1ccccc1. The summed E-state index contributed by atoms with van der Waals surface area (Å²) in [5.41, 5.74) is 18.8. The summed E-state index contributed by atoms with van der Waals surface area (Å²) in [7, 11) is -3.87. The first kappa shape index (κ1) is 30.4. The Morgan fingerprint density at radius 2 is 1.87 bits per heavy atom. The van der Waals surface area contributed by atoms with Gasteiger partial charge in [-0.15, -0.1) is 0 Å². The Morgan fingerprint density at radius 3 is 2.56 bits per heavy atom. The molecule has 1 saturated heterocycles. The average Bonchev–Trinajstić information content (AvgIpc) is 3.39. The quantitative estimate of drug-likeness (QED) is 0.133. The third-order valence-electron chi connectivity index (χ3n) is 6.44. The van der Waals surface area contributed by atoms with Gasteiger partial charge in [-0.25, -0.2) is 13.1 Å². The van der Waals surface area contributed by atoms with E-state index in [2.05, 4.69) is 15.0 Å². The molecule has 0 aromatic heterocycles. The summed E-state index contributed by atoms with van der Waals surface area (Å²) in [6, 6.07) is 12.2. The van der Waals surface area contributed by atoms with Crippen LogP contribution in [-0.2, 0) is 38.5 Å². The van der Waals surface area contributed by atoms with Gasteiger partial charge < -0.3 is 27.4 Å². The summed E-state index contributed by atoms with van der Waals surface area (Å²) in [6.45, 7) is 1.07. The third-order valence-corrected chi connectivity index (χ3v) is 8.04. The van der Waals surface area contributed by atoms with E-state index in [1.807, 2.05) is 6.07 Å². The van der Waals surface area contributed by atoms with Crippen molar-refractivity contribution in [2.75, 3.05) is 13.1 Å². The van der Waals surface area contributed by atoms with Crippen LogP contribution in [0.15, 0.2) is 53.5 Å². The summed E-state index contributed by atoms with van der Waals surface area (Å²) >= 11 is 6.10. The largest absolute Gasteiger partial charge is 0.370 e. The minimum Gasteiger partial charge on any atom is -0.370 e. The number of sulfonamides is 1. The van der Waals surface area contributed by atoms with E-state index in [4.69, 9.17) is 28.8 Å². The lowest BCUT2D eigenvalue weighted by atomic mass is 10.1. The molecule has 0 bridgehead atoms. The molecule has 39 heavy (non-hydrogen) atoms. The molecule has 0 aliphatic carbocycles. The molecule has 0 saturated carbocycles. The molecule has 1 aliphatic heterocycles. The molecule has 0 unspecified atom stereocenters. The first-order chi connectivity index (χ1) is 18.6. The number of nitrogens with one attached hydrogen (secondary N) is 2. The van der Waals surface area contributed by atoms with Crippen molar-refractivity contribution in [1.82, 2.24) is 14.9 Å². The number of carbonyl (C=O) groups excluding carboxylic acids is 2. The second-order valence-corrected chi connectivity index (χ2v) is 11.6. The van der Waals surface area contributed by atoms with Crippen molar-refractivity contribution in [3.63, 3.8) is 0 Å². The lowest BCUT2D eigenvalue weighted by Crippen LogP contribution is -2.53. The molecule has 0 radical (unpaired) electrons. The number of hydrogen-bond donors (Lipinski definition) is 5. The fraction of sp³-hybridized carbons (Fsp3) is 0.423. The number of carbonyl (C=O) groups is 2. The molecule has 1 heterocycles. The number of amides is 2. The Kier molecular flexibility index (Phi) is 11.1. The van der Waals surface area contributed by atoms with Crippen molar-refractivity contribution in [3.8, 4) is 0 Å². The molecular formula is C26H36ClN7O4S. The van der Waals surface area contributed by atoms with Crippen LogP contribution >= 0.6 is 11.6 Å². The van der Waals surface area contributed by atoms with Gasteiger partial charge in [-0.05, 0) is 54.5 Å². The van der Waals surface area contributed by atoms with E-state index < -0.39 is 28.0 Å². The van der Waals surface area contributed by atoms with Crippen LogP contribution in [0.25, 0.3) is 0 Å². The standard InChI is InChI=1S/C26H36ClN7O4S/c27-21-11-10-19(15-28)20(14-21)16-32-24(35)23-9-5-13-34(23)25(36)22(8-4-12-31-26(29)30)33-39(37,38)17-18-6-2-1-3-7-18/h1-3,6-7,10-11,14,22-23,33H,4-5,8-9,12-13,15-17,28H2,(H,32,35)(H4,29,30,31)/t22-,23-/m0/s1. The van der Waals surface area contributed by atoms with Crippen LogP contribution < -0.4 is 27.2 Å². The Bertz CT molecular complexity index is 1270. The van der Waals surface area contributed by atoms with Gasteiger partial charge in [-0.2, -0.15) is 0 Å². The van der Waals surface area contributed by atoms with Gasteiger partial charge in [-0.1, -0.05) is 48.0 Å². The fourth-order valence-corrected chi connectivity index (χ4v) is 6.11. The van der Waals surface area contributed by atoms with Crippen LogP contribution in [0.5, 0.6) is 0 Å². The molecule has 11 nitrogen and oxygen atoms in total. The number of aliphatic imine (C=N–C) groups is 1. The van der Waals surface area contributed by atoms with Gasteiger partial charge in [0.25, 0.3) is 0 Å². The van der Waals surface area contributed by atoms with Crippen LogP contribution in [0, 0.1) is 0 Å². The fourth-order valence-electron chi connectivity index (χ4n) is 4.55. The monoisotopic (exact) mass is 577 g/mol. The van der Waals surface area contributed by atoms with E-state index in [1.165, 1.54) is 4.90 Å². The molecular weight excluding hydrogens is 542 g/mol. The van der Waals surface area contributed by atoms with Gasteiger partial charge in [-0.3, -0.25) is 14.6 Å². The zero-order chi connectivity index (χ0) is 28.4. The second kappa shape index (κ2) is 14.3. The highest BCUT2D eigenvalue weighted by Crippen LogP contribution is 2.21. The molecule has 13 heteroatoms. The maximum atomic E-state index is 13.6. The Morgan fingerprint density at radius 1 is 1.13 bits per heavy atom. The Hall–Kier alpha value is -3.19. The van der Waals surface area contributed by atoms with Gasteiger partial charge in [0, 0.05) is 31.2 Å². The number of likely N-dealkylation sites (tertiary alicyclic amines) is 1. The zero-order valence-electron chi connectivity index (χ0n) is 21.7. The predicted molar refractivity (Wildman–Crippen MR) is 152 cm³/mol. The average molecular weight is 578 g/mol. The lowest BCUT2D eigenvalue weighted by Gasteiger charge is -2.29. The second-order valence-electron chi connectivity index (χ2n) is 9.39. The van der Waals surface area contributed by atoms with Crippen molar-refractivity contribution in [2.45, 2.75) is 56.6 Å². The first-order valence-corrected chi connectivity index (χ1v) is 14.8. The topological polar surface area (TPSA) is 186 Å². The molecule has 3 rings (SSSR count). The number of halogens is 1. The van der Waals surface area contributed by atoms with E-state index in [0.29, 0.717) is 42.9 Å². The smallest absolute Gasteiger partial charge is 0.243 e. The molecule has 0 spiro atoms. The van der Waals surface area contributed by atoms with E-state index in [0.717, 1.165) is 11.1 Å². The highest BCUT2D eigenvalue weighted by Gasteiger charge is 2.38. The van der Waals surface area contributed by atoms with Gasteiger partial charge >= 0.3 is 0 Å². The van der Waals surface area contributed by atoms with Crippen molar-refractivity contribution in [1.29, 1.82) is 0 Å². The summed E-state index contributed by atoms with van der Waals surface area (Å²) in [5.74, 6) is -1.15. The van der Waals surface area contributed by atoms with Crippen LogP contribution in [0.3, 0.4) is 0 Å². The van der Waals surface area contributed by atoms with Gasteiger partial charge in [0.2, 0.25) is 21.8 Å². The number of nitrogens with two attached hydrogens (primary N) is 3. The van der Waals surface area contributed by atoms with Gasteiger partial charge in [0.1, 0.15) is 12.1 Å². The van der Waals surface area contributed by atoms with E-state index in [-0.39, 0.29) is 37.1 Å². The molecule has 1 fully saturated rings. The Labute approximate surface area is 234 Å². The summed E-state index contributed by atoms with van der Waals surface area (Å²) in [4.78, 5) is 32.2. The number of guanidine groups is 1. The van der Waals surface area contributed by atoms with Crippen molar-refractivity contribution >= 4 is 39.4 Å². The van der Waals surface area contributed by atoms with E-state index in [9.17, 15) is 18.0 Å². The molecule has 1 aliphatic rings. The molecule has 2 aromatic carbocycles. The number of nitrogens with zero attached hydrogens (tertiary/aromatic N) is 2. The highest BCUT2D eigenvalue weighted by molar-refractivity contribution is 7.88. The normalized spacial score (nSPS) is 16.1. The van der Waals surface area contributed by atoms with Crippen LogP contribution in [0.2, 0.25) is 5.02 Å². The van der Waals surface area contributed by atoms with E-state index >= 15 is 0 Å². The molecule has 2 amide bonds. The Balaban J connectivity index is 1.72. The summed E-state index contributed by atoms with van der Waals surface area (Å²) < 4.78 is 28.5. The van der Waals surface area contributed by atoms with Crippen molar-refractivity contribution in [3.05, 3.63) is 70.2 Å². The van der Waals surface area contributed by atoms with Gasteiger partial charge in [0.15, 0.2) is 5.96 Å². The molecule has 2 atom stereocenters. The molecule has 2 aromatic rings. The maximum Gasteiger partial charge on any atom is 0.243 e. The number of hydrogen-bond acceptors (Lipinski definition) is 6. The predicted octanol–water partition coefficient (Wildman–Crippen LogP) is 0.948. The zero-order valence-corrected chi connectivity index (χ0v) is 23.3.